The smallest absolute Gasteiger partial charge is 0.240 e. The van der Waals surface area contributed by atoms with Crippen molar-refractivity contribution in [3.8, 4) is 0 Å². The molecule has 0 amide bonds. The molecule has 1 aliphatic rings. The van der Waals surface area contributed by atoms with Gasteiger partial charge in [0.15, 0.2) is 0 Å². The average Bonchev–Trinajstić information content (AvgIpc) is 2.74. The lowest BCUT2D eigenvalue weighted by Crippen LogP contribution is -2.32. The molecule has 0 aromatic heterocycles. The van der Waals surface area contributed by atoms with Crippen LogP contribution in [0.25, 0.3) is 0 Å². The van der Waals surface area contributed by atoms with Crippen LogP contribution in [0.2, 0.25) is 0 Å². The molecular formula is C14H20N2O2S2. The van der Waals surface area contributed by atoms with Crippen molar-refractivity contribution in [3.63, 3.8) is 0 Å². The van der Waals surface area contributed by atoms with Crippen molar-refractivity contribution >= 4 is 27.2 Å². The third-order valence-corrected chi connectivity index (χ3v) is 5.31. The minimum atomic E-state index is -3.43. The van der Waals surface area contributed by atoms with Crippen molar-refractivity contribution < 1.29 is 8.42 Å². The van der Waals surface area contributed by atoms with Crippen LogP contribution in [0.5, 0.6) is 0 Å². The highest BCUT2D eigenvalue weighted by atomic mass is 32.2. The first kappa shape index (κ1) is 15.4. The highest BCUT2D eigenvalue weighted by molar-refractivity contribution is 7.89. The molecule has 110 valence electrons. The van der Waals surface area contributed by atoms with Gasteiger partial charge in [0.25, 0.3) is 0 Å². The van der Waals surface area contributed by atoms with E-state index in [2.05, 4.69) is 11.6 Å². The van der Waals surface area contributed by atoms with Crippen LogP contribution in [-0.4, -0.2) is 19.4 Å². The molecule has 1 aliphatic carbocycles. The molecule has 1 aromatic carbocycles. The van der Waals surface area contributed by atoms with Gasteiger partial charge in [0, 0.05) is 12.5 Å². The second-order valence-electron chi connectivity index (χ2n) is 5.52. The first-order chi connectivity index (χ1) is 9.37. The predicted molar refractivity (Wildman–Crippen MR) is 84.1 cm³/mol. The predicted octanol–water partition coefficient (Wildman–Crippen LogP) is 1.98. The van der Waals surface area contributed by atoms with Gasteiger partial charge in [0.2, 0.25) is 10.0 Å². The summed E-state index contributed by atoms with van der Waals surface area (Å²) in [6.45, 7) is 2.15. The van der Waals surface area contributed by atoms with Gasteiger partial charge in [-0.05, 0) is 42.9 Å². The molecule has 20 heavy (non-hydrogen) atoms. The number of hydrogen-bond acceptors (Lipinski definition) is 3. The van der Waals surface area contributed by atoms with Crippen LogP contribution in [0, 0.1) is 5.92 Å². The van der Waals surface area contributed by atoms with Crippen molar-refractivity contribution in [2.24, 2.45) is 11.7 Å². The van der Waals surface area contributed by atoms with Crippen LogP contribution in [-0.2, 0) is 16.4 Å². The maximum Gasteiger partial charge on any atom is 0.240 e. The van der Waals surface area contributed by atoms with Crippen molar-refractivity contribution in [3.05, 3.63) is 29.8 Å². The zero-order valence-electron chi connectivity index (χ0n) is 11.5. The highest BCUT2D eigenvalue weighted by Crippen LogP contribution is 2.26. The third kappa shape index (κ3) is 4.01. The molecule has 0 saturated heterocycles. The Morgan fingerprint density at radius 3 is 2.50 bits per heavy atom. The van der Waals surface area contributed by atoms with Crippen molar-refractivity contribution in [2.75, 3.05) is 0 Å². The van der Waals surface area contributed by atoms with Gasteiger partial charge in [-0.3, -0.25) is 0 Å². The molecule has 0 radical (unpaired) electrons. The fourth-order valence-electron chi connectivity index (χ4n) is 2.59. The Hall–Kier alpha value is -0.980. The van der Waals surface area contributed by atoms with Crippen LogP contribution >= 0.6 is 12.2 Å². The van der Waals surface area contributed by atoms with Crippen LogP contribution in [0.15, 0.2) is 29.2 Å². The second-order valence-corrected chi connectivity index (χ2v) is 7.76. The molecule has 1 fully saturated rings. The Labute approximate surface area is 125 Å². The number of nitrogens with two attached hydrogens (primary N) is 1. The summed E-state index contributed by atoms with van der Waals surface area (Å²) in [5, 5.41) is 0. The molecule has 0 heterocycles. The first-order valence-corrected chi connectivity index (χ1v) is 8.65. The summed E-state index contributed by atoms with van der Waals surface area (Å²) in [7, 11) is -3.43. The van der Waals surface area contributed by atoms with Crippen LogP contribution in [0.1, 0.15) is 31.7 Å². The van der Waals surface area contributed by atoms with Crippen molar-refractivity contribution in [2.45, 2.75) is 43.5 Å². The molecule has 1 saturated carbocycles. The lowest BCUT2D eigenvalue weighted by atomic mass is 10.1. The zero-order chi connectivity index (χ0) is 14.8. The standard InChI is InChI=1S/C14H20N2O2S2/c1-10-2-5-12(8-10)16-20(17,18)13-6-3-11(4-7-13)9-14(15)19/h3-4,6-7,10,12,16H,2,5,8-9H2,1H3,(H2,15,19). The Balaban J connectivity index is 2.07. The quantitative estimate of drug-likeness (QED) is 0.816. The van der Waals surface area contributed by atoms with E-state index in [1.807, 2.05) is 0 Å². The summed E-state index contributed by atoms with van der Waals surface area (Å²) in [5.41, 5.74) is 6.39. The first-order valence-electron chi connectivity index (χ1n) is 6.76. The maximum atomic E-state index is 12.3. The summed E-state index contributed by atoms with van der Waals surface area (Å²) in [4.78, 5) is 0.697. The Bertz CT molecular complexity index is 582. The highest BCUT2D eigenvalue weighted by Gasteiger charge is 2.26. The van der Waals surface area contributed by atoms with Gasteiger partial charge in [-0.1, -0.05) is 31.3 Å². The summed E-state index contributed by atoms with van der Waals surface area (Å²) in [6, 6.07) is 6.78. The minimum absolute atomic E-state index is 0.0614. The summed E-state index contributed by atoms with van der Waals surface area (Å²) < 4.78 is 27.3. The van der Waals surface area contributed by atoms with Gasteiger partial charge in [-0.15, -0.1) is 0 Å². The number of thiocarbonyl (C=S) groups is 1. The van der Waals surface area contributed by atoms with Crippen LogP contribution in [0.4, 0.5) is 0 Å². The van der Waals surface area contributed by atoms with Gasteiger partial charge in [-0.2, -0.15) is 0 Å². The van der Waals surface area contributed by atoms with E-state index in [0.29, 0.717) is 22.2 Å². The fourth-order valence-corrected chi connectivity index (χ4v) is 4.04. The maximum absolute atomic E-state index is 12.3. The molecular weight excluding hydrogens is 292 g/mol. The lowest BCUT2D eigenvalue weighted by Gasteiger charge is -2.13. The van der Waals surface area contributed by atoms with Gasteiger partial charge in [0.1, 0.15) is 0 Å². The topological polar surface area (TPSA) is 72.2 Å². The summed E-state index contributed by atoms with van der Waals surface area (Å²) in [5.74, 6) is 0.593. The molecule has 6 heteroatoms. The van der Waals surface area contributed by atoms with Gasteiger partial charge in [0.05, 0.1) is 9.88 Å². The van der Waals surface area contributed by atoms with E-state index in [-0.39, 0.29) is 6.04 Å². The molecule has 0 spiro atoms. The van der Waals surface area contributed by atoms with E-state index in [9.17, 15) is 8.42 Å². The number of rotatable bonds is 5. The molecule has 4 nitrogen and oxygen atoms in total. The number of hydrogen-bond donors (Lipinski definition) is 2. The Kier molecular flexibility index (Phi) is 4.78. The van der Waals surface area contributed by atoms with Crippen LogP contribution in [0.3, 0.4) is 0 Å². The Morgan fingerprint density at radius 2 is 2.00 bits per heavy atom. The monoisotopic (exact) mass is 312 g/mol. The molecule has 2 atom stereocenters. The summed E-state index contributed by atoms with van der Waals surface area (Å²) >= 11 is 4.84. The summed E-state index contributed by atoms with van der Waals surface area (Å²) in [6.07, 6.45) is 3.40. The molecule has 2 unspecified atom stereocenters. The van der Waals surface area contributed by atoms with Crippen molar-refractivity contribution in [1.29, 1.82) is 0 Å². The molecule has 2 rings (SSSR count). The minimum Gasteiger partial charge on any atom is -0.393 e. The van der Waals surface area contributed by atoms with E-state index in [1.54, 1.807) is 24.3 Å². The van der Waals surface area contributed by atoms with E-state index in [4.69, 9.17) is 18.0 Å². The number of nitrogens with one attached hydrogen (secondary N) is 1. The normalized spacial score (nSPS) is 22.9. The van der Waals surface area contributed by atoms with Crippen molar-refractivity contribution in [1.82, 2.24) is 4.72 Å². The van der Waals surface area contributed by atoms with Gasteiger partial charge < -0.3 is 5.73 Å². The number of benzene rings is 1. The van der Waals surface area contributed by atoms with E-state index < -0.39 is 10.0 Å². The fraction of sp³-hybridized carbons (Fsp3) is 0.500. The largest absolute Gasteiger partial charge is 0.393 e. The molecule has 1 aromatic rings. The zero-order valence-corrected chi connectivity index (χ0v) is 13.1. The van der Waals surface area contributed by atoms with E-state index in [1.165, 1.54) is 0 Å². The second kappa shape index (κ2) is 6.20. The van der Waals surface area contributed by atoms with Gasteiger partial charge in [-0.25, -0.2) is 13.1 Å². The Morgan fingerprint density at radius 1 is 1.35 bits per heavy atom. The SMILES string of the molecule is CC1CCC(NS(=O)(=O)c2ccc(CC(N)=S)cc2)C1. The van der Waals surface area contributed by atoms with E-state index >= 15 is 0 Å². The van der Waals surface area contributed by atoms with Crippen LogP contribution < -0.4 is 10.5 Å². The average molecular weight is 312 g/mol. The molecule has 0 aliphatic heterocycles. The van der Waals surface area contributed by atoms with E-state index in [0.717, 1.165) is 24.8 Å². The third-order valence-electron chi connectivity index (χ3n) is 3.63. The molecule has 3 N–H and O–H groups in total. The lowest BCUT2D eigenvalue weighted by molar-refractivity contribution is 0.538. The number of sulfonamides is 1. The van der Waals surface area contributed by atoms with Gasteiger partial charge >= 0.3 is 0 Å². The molecule has 0 bridgehead atoms.